The van der Waals surface area contributed by atoms with Gasteiger partial charge in [-0.25, -0.2) is 4.79 Å². The summed E-state index contributed by atoms with van der Waals surface area (Å²) in [5.41, 5.74) is 1.63. The highest BCUT2D eigenvalue weighted by atomic mass is 16.5. The molecule has 1 unspecified atom stereocenters. The van der Waals surface area contributed by atoms with Gasteiger partial charge in [-0.05, 0) is 29.2 Å². The van der Waals surface area contributed by atoms with Crippen molar-refractivity contribution < 1.29 is 24.5 Å². The van der Waals surface area contributed by atoms with E-state index in [1.54, 1.807) is 6.07 Å². The minimum absolute atomic E-state index is 0.00668. The number of benzene rings is 2. The average Bonchev–Trinajstić information content (AvgIpc) is 2.64. The Morgan fingerprint density at radius 3 is 2.38 bits per heavy atom. The van der Waals surface area contributed by atoms with Crippen molar-refractivity contribution in [1.29, 1.82) is 0 Å². The van der Waals surface area contributed by atoms with Crippen LogP contribution in [0.3, 0.4) is 0 Å². The summed E-state index contributed by atoms with van der Waals surface area (Å²) >= 11 is 0. The van der Waals surface area contributed by atoms with Gasteiger partial charge in [-0.15, -0.1) is 0 Å². The van der Waals surface area contributed by atoms with Gasteiger partial charge in [-0.2, -0.15) is 0 Å². The number of carbonyl (C=O) groups excluding carboxylic acids is 2. The summed E-state index contributed by atoms with van der Waals surface area (Å²) in [7, 11) is 1.25. The Labute approximate surface area is 152 Å². The number of hydrogen-bond acceptors (Lipinski definition) is 5. The normalized spacial score (nSPS) is 12.8. The summed E-state index contributed by atoms with van der Waals surface area (Å²) in [6.45, 7) is 1.94. The van der Waals surface area contributed by atoms with Crippen molar-refractivity contribution in [1.82, 2.24) is 5.32 Å². The van der Waals surface area contributed by atoms with Crippen molar-refractivity contribution >= 4 is 11.9 Å². The summed E-state index contributed by atoms with van der Waals surface area (Å²) in [5, 5.41) is 21.7. The van der Waals surface area contributed by atoms with E-state index in [9.17, 15) is 19.8 Å². The number of esters is 1. The number of phenols is 2. The van der Waals surface area contributed by atoms with E-state index in [0.717, 1.165) is 5.56 Å². The first-order chi connectivity index (χ1) is 12.4. The molecule has 6 heteroatoms. The van der Waals surface area contributed by atoms with Crippen LogP contribution in [-0.2, 0) is 20.7 Å². The highest BCUT2D eigenvalue weighted by molar-refractivity contribution is 5.85. The summed E-state index contributed by atoms with van der Waals surface area (Å²) in [6.07, 6.45) is 0.379. The zero-order chi connectivity index (χ0) is 19.1. The molecule has 0 spiro atoms. The Morgan fingerprint density at radius 2 is 1.77 bits per heavy atom. The van der Waals surface area contributed by atoms with E-state index in [1.165, 1.54) is 19.2 Å². The molecule has 0 fully saturated rings. The van der Waals surface area contributed by atoms with Crippen LogP contribution >= 0.6 is 0 Å². The molecule has 6 nitrogen and oxygen atoms in total. The second-order valence-electron chi connectivity index (χ2n) is 6.19. The maximum atomic E-state index is 12.4. The number of hydrogen-bond donors (Lipinski definition) is 3. The Kier molecular flexibility index (Phi) is 6.60. The molecule has 3 N–H and O–H groups in total. The number of amides is 1. The van der Waals surface area contributed by atoms with Crippen LogP contribution in [0.15, 0.2) is 48.5 Å². The van der Waals surface area contributed by atoms with Crippen molar-refractivity contribution in [2.75, 3.05) is 7.11 Å². The van der Waals surface area contributed by atoms with E-state index >= 15 is 0 Å². The van der Waals surface area contributed by atoms with Crippen molar-refractivity contribution in [3.05, 3.63) is 59.7 Å². The van der Waals surface area contributed by atoms with Crippen molar-refractivity contribution in [3.63, 3.8) is 0 Å². The molecule has 0 aliphatic heterocycles. The number of aromatic hydroxyl groups is 2. The van der Waals surface area contributed by atoms with Gasteiger partial charge < -0.3 is 20.3 Å². The van der Waals surface area contributed by atoms with Crippen LogP contribution in [0.4, 0.5) is 0 Å². The van der Waals surface area contributed by atoms with Gasteiger partial charge in [0.15, 0.2) is 11.5 Å². The quantitative estimate of drug-likeness (QED) is 0.523. The predicted molar refractivity (Wildman–Crippen MR) is 96.9 cm³/mol. The predicted octanol–water partition coefficient (Wildman–Crippen LogP) is 2.49. The largest absolute Gasteiger partial charge is 0.504 e. The van der Waals surface area contributed by atoms with Crippen molar-refractivity contribution in [2.45, 2.75) is 31.7 Å². The third kappa shape index (κ3) is 5.24. The molecule has 0 heterocycles. The van der Waals surface area contributed by atoms with Gasteiger partial charge in [-0.3, -0.25) is 4.79 Å². The number of ether oxygens (including phenoxy) is 1. The standard InChI is InChI=1S/C20H23NO5/c1-13(15-6-4-3-5-7-15)10-19(24)21-16(20(25)26-2)11-14-8-9-17(22)18(23)12-14/h3-9,12-13,16,22-23H,10-11H2,1-2H3,(H,21,24)/t13-,16?/m0/s1. The second kappa shape index (κ2) is 8.89. The summed E-state index contributed by atoms with van der Waals surface area (Å²) < 4.78 is 4.76. The maximum absolute atomic E-state index is 12.4. The number of nitrogens with one attached hydrogen (secondary N) is 1. The average molecular weight is 357 g/mol. The molecule has 2 aromatic rings. The minimum Gasteiger partial charge on any atom is -0.504 e. The highest BCUT2D eigenvalue weighted by Gasteiger charge is 2.23. The molecule has 0 aliphatic rings. The molecule has 0 bridgehead atoms. The highest BCUT2D eigenvalue weighted by Crippen LogP contribution is 2.25. The number of rotatable bonds is 7. The molecule has 0 saturated heterocycles. The lowest BCUT2D eigenvalue weighted by atomic mass is 9.97. The van der Waals surface area contributed by atoms with E-state index in [4.69, 9.17) is 4.74 Å². The fourth-order valence-corrected chi connectivity index (χ4v) is 2.70. The molecule has 0 radical (unpaired) electrons. The summed E-state index contributed by atoms with van der Waals surface area (Å²) in [6, 6.07) is 13.0. The van der Waals surface area contributed by atoms with Crippen LogP contribution in [0.2, 0.25) is 0 Å². The molecule has 0 aromatic heterocycles. The van der Waals surface area contributed by atoms with Gasteiger partial charge in [0.05, 0.1) is 7.11 Å². The molecule has 0 saturated carbocycles. The maximum Gasteiger partial charge on any atom is 0.328 e. The molecule has 2 aromatic carbocycles. The van der Waals surface area contributed by atoms with Gasteiger partial charge in [0.25, 0.3) is 0 Å². The van der Waals surface area contributed by atoms with Gasteiger partial charge in [0.1, 0.15) is 6.04 Å². The summed E-state index contributed by atoms with van der Waals surface area (Å²) in [4.78, 5) is 24.4. The fraction of sp³-hybridized carbons (Fsp3) is 0.300. The molecular formula is C20H23NO5. The SMILES string of the molecule is COC(=O)C(Cc1ccc(O)c(O)c1)NC(=O)C[C@H](C)c1ccccc1. The lowest BCUT2D eigenvalue weighted by Gasteiger charge is -2.18. The summed E-state index contributed by atoms with van der Waals surface area (Å²) in [5.74, 6) is -1.36. The van der Waals surface area contributed by atoms with E-state index in [-0.39, 0.29) is 36.2 Å². The number of phenolic OH excluding ortho intramolecular Hbond substituents is 2. The first-order valence-corrected chi connectivity index (χ1v) is 8.33. The van der Waals surface area contributed by atoms with Gasteiger partial charge in [0, 0.05) is 12.8 Å². The minimum atomic E-state index is -0.876. The van der Waals surface area contributed by atoms with E-state index in [0.29, 0.717) is 5.56 Å². The van der Waals surface area contributed by atoms with Crippen LogP contribution in [0.5, 0.6) is 11.5 Å². The van der Waals surface area contributed by atoms with Gasteiger partial charge >= 0.3 is 5.97 Å². The fourth-order valence-electron chi connectivity index (χ4n) is 2.70. The number of methoxy groups -OCH3 is 1. The third-order valence-electron chi connectivity index (χ3n) is 4.16. The molecule has 138 valence electrons. The molecule has 1 amide bonds. The first-order valence-electron chi connectivity index (χ1n) is 8.33. The topological polar surface area (TPSA) is 95.9 Å². The lowest BCUT2D eigenvalue weighted by Crippen LogP contribution is -2.43. The zero-order valence-electron chi connectivity index (χ0n) is 14.8. The monoisotopic (exact) mass is 357 g/mol. The van der Waals surface area contributed by atoms with Crippen LogP contribution < -0.4 is 5.32 Å². The zero-order valence-corrected chi connectivity index (χ0v) is 14.8. The molecule has 2 atom stereocenters. The second-order valence-corrected chi connectivity index (χ2v) is 6.19. The number of carbonyl (C=O) groups is 2. The molecule has 2 rings (SSSR count). The first kappa shape index (κ1) is 19.3. The smallest absolute Gasteiger partial charge is 0.328 e. The lowest BCUT2D eigenvalue weighted by molar-refractivity contribution is -0.145. The van der Waals surface area contributed by atoms with Crippen LogP contribution in [0, 0.1) is 0 Å². The van der Waals surface area contributed by atoms with Gasteiger partial charge in [0.2, 0.25) is 5.91 Å². The van der Waals surface area contributed by atoms with Gasteiger partial charge in [-0.1, -0.05) is 43.3 Å². The van der Waals surface area contributed by atoms with Crippen LogP contribution in [0.1, 0.15) is 30.4 Å². The van der Waals surface area contributed by atoms with Crippen molar-refractivity contribution in [2.24, 2.45) is 0 Å². The van der Waals surface area contributed by atoms with E-state index in [2.05, 4.69) is 5.32 Å². The Hall–Kier alpha value is -3.02. The van der Waals surface area contributed by atoms with Crippen LogP contribution in [-0.4, -0.2) is 35.2 Å². The molecule has 26 heavy (non-hydrogen) atoms. The Balaban J connectivity index is 2.03. The molecular weight excluding hydrogens is 334 g/mol. The van der Waals surface area contributed by atoms with Crippen LogP contribution in [0.25, 0.3) is 0 Å². The van der Waals surface area contributed by atoms with Crippen molar-refractivity contribution in [3.8, 4) is 11.5 Å². The molecule has 0 aliphatic carbocycles. The Morgan fingerprint density at radius 1 is 1.08 bits per heavy atom. The van der Waals surface area contributed by atoms with E-state index in [1.807, 2.05) is 37.3 Å². The van der Waals surface area contributed by atoms with E-state index < -0.39 is 12.0 Å². The third-order valence-corrected chi connectivity index (χ3v) is 4.16. The Bertz CT molecular complexity index is 760.